The zero-order chi connectivity index (χ0) is 17.8. The van der Waals surface area contributed by atoms with E-state index in [1.807, 2.05) is 0 Å². The molecule has 0 bridgehead atoms. The Morgan fingerprint density at radius 2 is 1.92 bits per heavy atom. The molecule has 1 heterocycles. The van der Waals surface area contributed by atoms with Crippen molar-refractivity contribution in [1.29, 1.82) is 0 Å². The second-order valence-electron chi connectivity index (χ2n) is 5.47. The summed E-state index contributed by atoms with van der Waals surface area (Å²) in [5, 5.41) is 7.56. The maximum absolute atomic E-state index is 13.6. The summed E-state index contributed by atoms with van der Waals surface area (Å²) < 4.78 is 15.1. The summed E-state index contributed by atoms with van der Waals surface area (Å²) in [6, 6.07) is 13.6. The number of amides is 1. The van der Waals surface area contributed by atoms with Gasteiger partial charge in [0.25, 0.3) is 5.91 Å². The van der Waals surface area contributed by atoms with Crippen molar-refractivity contribution in [3.8, 4) is 5.69 Å². The van der Waals surface area contributed by atoms with E-state index in [9.17, 15) is 9.18 Å². The van der Waals surface area contributed by atoms with Crippen molar-refractivity contribution in [2.45, 2.75) is 13.3 Å². The summed E-state index contributed by atoms with van der Waals surface area (Å²) in [6.45, 7) is 2.06. The number of rotatable bonds is 5. The average Bonchev–Trinajstić information content (AvgIpc) is 2.99. The van der Waals surface area contributed by atoms with Crippen molar-refractivity contribution in [2.75, 3.05) is 6.54 Å². The maximum atomic E-state index is 13.6. The van der Waals surface area contributed by atoms with Crippen LogP contribution in [0.4, 0.5) is 4.39 Å². The Morgan fingerprint density at radius 3 is 2.64 bits per heavy atom. The predicted molar refractivity (Wildman–Crippen MR) is 93.5 cm³/mol. The van der Waals surface area contributed by atoms with Crippen molar-refractivity contribution in [2.24, 2.45) is 0 Å². The van der Waals surface area contributed by atoms with Gasteiger partial charge in [0.2, 0.25) is 5.82 Å². The molecule has 0 saturated heterocycles. The number of carbonyl (C=O) groups is 1. The molecule has 0 atom stereocenters. The molecule has 2 aromatic carbocycles. The molecule has 1 aromatic heterocycles. The van der Waals surface area contributed by atoms with Gasteiger partial charge >= 0.3 is 0 Å². The molecular weight excluding hydrogens is 343 g/mol. The zero-order valence-corrected chi connectivity index (χ0v) is 14.3. The summed E-state index contributed by atoms with van der Waals surface area (Å²) >= 11 is 5.88. The molecule has 5 nitrogen and oxygen atoms in total. The van der Waals surface area contributed by atoms with Gasteiger partial charge in [-0.25, -0.2) is 14.1 Å². The summed E-state index contributed by atoms with van der Waals surface area (Å²) in [5.74, 6) is -0.0209. The largest absolute Gasteiger partial charge is 0.349 e. The van der Waals surface area contributed by atoms with E-state index in [1.165, 1.54) is 6.07 Å². The Balaban J connectivity index is 1.66. The second-order valence-corrected chi connectivity index (χ2v) is 5.90. The molecule has 0 aliphatic heterocycles. The lowest BCUT2D eigenvalue weighted by molar-refractivity contribution is 0.0943. The van der Waals surface area contributed by atoms with Crippen LogP contribution in [0.1, 0.15) is 22.0 Å². The number of carbonyl (C=O) groups excluding carboxylic acids is 1. The third kappa shape index (κ3) is 4.03. The van der Waals surface area contributed by atoms with Crippen LogP contribution in [0.2, 0.25) is 5.02 Å². The Morgan fingerprint density at radius 1 is 1.20 bits per heavy atom. The highest BCUT2D eigenvalue weighted by atomic mass is 35.5. The highest BCUT2D eigenvalue weighted by Crippen LogP contribution is 2.14. The van der Waals surface area contributed by atoms with E-state index in [0.29, 0.717) is 29.4 Å². The first-order chi connectivity index (χ1) is 12.0. The molecule has 0 aliphatic carbocycles. The molecule has 0 aliphatic rings. The number of nitrogens with one attached hydrogen (secondary N) is 1. The fraction of sp³-hybridized carbons (Fsp3) is 0.167. The molecule has 1 amide bonds. The van der Waals surface area contributed by atoms with Crippen LogP contribution in [-0.4, -0.2) is 27.2 Å². The molecule has 0 radical (unpaired) electrons. The minimum absolute atomic E-state index is 0.0704. The molecule has 0 saturated carbocycles. The number of aryl methyl sites for hydroxylation is 1. The SMILES string of the molecule is Cc1nc(C(=O)NCCc2ccccc2F)nn1-c1ccc(Cl)cc1. The highest BCUT2D eigenvalue weighted by Gasteiger charge is 2.15. The van der Waals surface area contributed by atoms with Crippen LogP contribution in [0.5, 0.6) is 0 Å². The third-order valence-corrected chi connectivity index (χ3v) is 3.93. The van der Waals surface area contributed by atoms with E-state index in [0.717, 1.165) is 5.69 Å². The monoisotopic (exact) mass is 358 g/mol. The first-order valence-corrected chi connectivity index (χ1v) is 8.13. The van der Waals surface area contributed by atoms with Crippen molar-refractivity contribution in [1.82, 2.24) is 20.1 Å². The van der Waals surface area contributed by atoms with Gasteiger partial charge in [-0.2, -0.15) is 0 Å². The van der Waals surface area contributed by atoms with Crippen LogP contribution in [0.25, 0.3) is 5.69 Å². The number of nitrogens with zero attached hydrogens (tertiary/aromatic N) is 3. The number of halogens is 2. The van der Waals surface area contributed by atoms with Gasteiger partial charge in [-0.05, 0) is 49.2 Å². The second kappa shape index (κ2) is 7.44. The Labute approximate surface area is 149 Å². The van der Waals surface area contributed by atoms with Gasteiger partial charge in [-0.3, -0.25) is 4.79 Å². The average molecular weight is 359 g/mol. The smallest absolute Gasteiger partial charge is 0.290 e. The topological polar surface area (TPSA) is 59.8 Å². The van der Waals surface area contributed by atoms with Gasteiger partial charge < -0.3 is 5.32 Å². The standard InChI is InChI=1S/C18H16ClFN4O/c1-12-22-17(23-24(12)15-8-6-14(19)7-9-15)18(25)21-11-10-13-4-2-3-5-16(13)20/h2-9H,10-11H2,1H3,(H,21,25). The molecule has 25 heavy (non-hydrogen) atoms. The van der Waals surface area contributed by atoms with Crippen molar-refractivity contribution >= 4 is 17.5 Å². The van der Waals surface area contributed by atoms with E-state index >= 15 is 0 Å². The molecule has 0 spiro atoms. The Kier molecular flexibility index (Phi) is 5.09. The van der Waals surface area contributed by atoms with Crippen molar-refractivity contribution in [3.63, 3.8) is 0 Å². The molecule has 3 aromatic rings. The van der Waals surface area contributed by atoms with Crippen LogP contribution >= 0.6 is 11.6 Å². The van der Waals surface area contributed by atoms with Crippen LogP contribution in [-0.2, 0) is 6.42 Å². The minimum atomic E-state index is -0.396. The quantitative estimate of drug-likeness (QED) is 0.761. The number of benzene rings is 2. The van der Waals surface area contributed by atoms with Gasteiger partial charge in [-0.1, -0.05) is 29.8 Å². The lowest BCUT2D eigenvalue weighted by Gasteiger charge is -2.04. The van der Waals surface area contributed by atoms with Gasteiger partial charge in [0.05, 0.1) is 5.69 Å². The summed E-state index contributed by atoms with van der Waals surface area (Å²) in [5.41, 5.74) is 1.32. The highest BCUT2D eigenvalue weighted by molar-refractivity contribution is 6.30. The number of hydrogen-bond donors (Lipinski definition) is 1. The normalized spacial score (nSPS) is 10.7. The first-order valence-electron chi connectivity index (χ1n) is 7.76. The fourth-order valence-corrected chi connectivity index (χ4v) is 2.53. The summed E-state index contributed by atoms with van der Waals surface area (Å²) in [4.78, 5) is 16.4. The molecular formula is C18H16ClFN4O. The van der Waals surface area contributed by atoms with Gasteiger partial charge in [0, 0.05) is 11.6 Å². The summed E-state index contributed by atoms with van der Waals surface area (Å²) in [7, 11) is 0. The van der Waals surface area contributed by atoms with Crippen LogP contribution in [0.15, 0.2) is 48.5 Å². The van der Waals surface area contributed by atoms with E-state index in [1.54, 1.807) is 54.1 Å². The van der Waals surface area contributed by atoms with E-state index in [-0.39, 0.29) is 11.6 Å². The van der Waals surface area contributed by atoms with Crippen LogP contribution in [0, 0.1) is 12.7 Å². The van der Waals surface area contributed by atoms with Crippen LogP contribution in [0.3, 0.4) is 0 Å². The Hall–Kier alpha value is -2.73. The fourth-order valence-electron chi connectivity index (χ4n) is 2.40. The van der Waals surface area contributed by atoms with E-state index in [2.05, 4.69) is 15.4 Å². The van der Waals surface area contributed by atoms with E-state index in [4.69, 9.17) is 11.6 Å². The zero-order valence-electron chi connectivity index (χ0n) is 13.5. The summed E-state index contributed by atoms with van der Waals surface area (Å²) in [6.07, 6.45) is 0.398. The van der Waals surface area contributed by atoms with Gasteiger partial charge in [-0.15, -0.1) is 5.10 Å². The van der Waals surface area contributed by atoms with Crippen LogP contribution < -0.4 is 5.32 Å². The number of aromatic nitrogens is 3. The molecule has 1 N–H and O–H groups in total. The lowest BCUT2D eigenvalue weighted by atomic mass is 10.1. The maximum Gasteiger partial charge on any atom is 0.290 e. The van der Waals surface area contributed by atoms with Crippen molar-refractivity contribution < 1.29 is 9.18 Å². The molecule has 3 rings (SSSR count). The van der Waals surface area contributed by atoms with Gasteiger partial charge in [0.15, 0.2) is 0 Å². The molecule has 0 unspecified atom stereocenters. The minimum Gasteiger partial charge on any atom is -0.349 e. The molecule has 7 heteroatoms. The predicted octanol–water partition coefficient (Wildman–Crippen LogP) is 3.34. The number of hydrogen-bond acceptors (Lipinski definition) is 3. The lowest BCUT2D eigenvalue weighted by Crippen LogP contribution is -2.27. The third-order valence-electron chi connectivity index (χ3n) is 3.68. The Bertz CT molecular complexity index is 892. The first kappa shape index (κ1) is 17.1. The molecule has 128 valence electrons. The van der Waals surface area contributed by atoms with Crippen molar-refractivity contribution in [3.05, 3.63) is 76.6 Å². The van der Waals surface area contributed by atoms with Gasteiger partial charge in [0.1, 0.15) is 11.6 Å². The molecule has 0 fully saturated rings. The van der Waals surface area contributed by atoms with E-state index < -0.39 is 5.91 Å².